The molecule has 2 N–H and O–H groups in total. The monoisotopic (exact) mass is 253 g/mol. The highest BCUT2D eigenvalue weighted by atomic mass is 16.5. The molecule has 0 amide bonds. The van der Waals surface area contributed by atoms with Crippen molar-refractivity contribution in [3.63, 3.8) is 0 Å². The molecule has 18 heavy (non-hydrogen) atoms. The number of nitrogens with one attached hydrogen (secondary N) is 1. The number of hydrogen-bond donors (Lipinski definition) is 2. The van der Waals surface area contributed by atoms with Gasteiger partial charge in [-0.05, 0) is 12.8 Å². The molecule has 0 spiro atoms. The molecule has 0 unspecified atom stereocenters. The molecule has 0 saturated heterocycles. The molecule has 1 heterocycles. The molecule has 1 aromatic heterocycles. The maximum absolute atomic E-state index is 10.6. The van der Waals surface area contributed by atoms with Crippen molar-refractivity contribution in [2.45, 2.75) is 26.2 Å². The lowest BCUT2D eigenvalue weighted by Crippen LogP contribution is -2.09. The van der Waals surface area contributed by atoms with E-state index in [4.69, 9.17) is 9.84 Å². The van der Waals surface area contributed by atoms with Gasteiger partial charge >= 0.3 is 5.97 Å². The summed E-state index contributed by atoms with van der Waals surface area (Å²) in [7, 11) is 0. The van der Waals surface area contributed by atoms with E-state index in [0.29, 0.717) is 12.4 Å². The fraction of sp³-hybridized carbons (Fsp3) is 0.583. The van der Waals surface area contributed by atoms with Crippen LogP contribution in [0.4, 0.5) is 5.82 Å². The van der Waals surface area contributed by atoms with E-state index < -0.39 is 5.97 Å². The van der Waals surface area contributed by atoms with Crippen LogP contribution < -0.4 is 5.32 Å². The summed E-state index contributed by atoms with van der Waals surface area (Å²) >= 11 is 0. The van der Waals surface area contributed by atoms with Crippen molar-refractivity contribution < 1.29 is 14.6 Å². The van der Waals surface area contributed by atoms with Gasteiger partial charge in [-0.2, -0.15) is 0 Å². The Balaban J connectivity index is 2.14. The number of aromatic carboxylic acids is 1. The minimum Gasteiger partial charge on any atom is -0.476 e. The van der Waals surface area contributed by atoms with Gasteiger partial charge in [-0.25, -0.2) is 14.8 Å². The summed E-state index contributed by atoms with van der Waals surface area (Å²) in [6.07, 6.45) is 5.77. The second-order valence-electron chi connectivity index (χ2n) is 3.84. The van der Waals surface area contributed by atoms with E-state index in [2.05, 4.69) is 22.2 Å². The third-order valence-corrected chi connectivity index (χ3v) is 2.28. The van der Waals surface area contributed by atoms with Gasteiger partial charge < -0.3 is 15.2 Å². The number of aromatic nitrogens is 2. The largest absolute Gasteiger partial charge is 0.476 e. The van der Waals surface area contributed by atoms with Crippen LogP contribution in [0.5, 0.6) is 0 Å². The molecular weight excluding hydrogens is 234 g/mol. The van der Waals surface area contributed by atoms with Crippen molar-refractivity contribution in [2.24, 2.45) is 0 Å². The highest BCUT2D eigenvalue weighted by Crippen LogP contribution is 2.01. The molecule has 0 aromatic carbocycles. The van der Waals surface area contributed by atoms with Gasteiger partial charge in [0.05, 0.1) is 12.4 Å². The number of anilines is 1. The highest BCUT2D eigenvalue weighted by molar-refractivity contribution is 5.84. The van der Waals surface area contributed by atoms with Crippen LogP contribution in [0.25, 0.3) is 0 Å². The van der Waals surface area contributed by atoms with Crippen LogP contribution in [-0.4, -0.2) is 40.8 Å². The van der Waals surface area contributed by atoms with Gasteiger partial charge in [-0.3, -0.25) is 0 Å². The highest BCUT2D eigenvalue weighted by Gasteiger charge is 2.03. The number of carboxylic acid groups (broad SMARTS) is 1. The van der Waals surface area contributed by atoms with Gasteiger partial charge in [-0.1, -0.05) is 13.3 Å². The maximum Gasteiger partial charge on any atom is 0.356 e. The average molecular weight is 253 g/mol. The van der Waals surface area contributed by atoms with E-state index >= 15 is 0 Å². The van der Waals surface area contributed by atoms with E-state index in [1.165, 1.54) is 12.4 Å². The van der Waals surface area contributed by atoms with E-state index in [9.17, 15) is 4.79 Å². The van der Waals surface area contributed by atoms with Crippen molar-refractivity contribution in [3.8, 4) is 0 Å². The Hall–Kier alpha value is -1.69. The normalized spacial score (nSPS) is 10.3. The fourth-order valence-electron chi connectivity index (χ4n) is 1.27. The molecule has 1 aromatic rings. The van der Waals surface area contributed by atoms with Crippen molar-refractivity contribution >= 4 is 11.8 Å². The van der Waals surface area contributed by atoms with Crippen molar-refractivity contribution in [1.29, 1.82) is 0 Å². The summed E-state index contributed by atoms with van der Waals surface area (Å²) in [6, 6.07) is 0. The summed E-state index contributed by atoms with van der Waals surface area (Å²) in [6.45, 7) is 4.38. The minimum atomic E-state index is -1.07. The number of ether oxygens (including phenoxy) is 1. The zero-order chi connectivity index (χ0) is 13.2. The summed E-state index contributed by atoms with van der Waals surface area (Å²) in [5.41, 5.74) is -0.0524. The molecule has 0 radical (unpaired) electrons. The van der Waals surface area contributed by atoms with Crippen LogP contribution >= 0.6 is 0 Å². The Morgan fingerprint density at radius 2 is 2.11 bits per heavy atom. The van der Waals surface area contributed by atoms with Crippen molar-refractivity contribution in [2.75, 3.05) is 25.1 Å². The van der Waals surface area contributed by atoms with Crippen LogP contribution in [0.15, 0.2) is 12.4 Å². The van der Waals surface area contributed by atoms with Gasteiger partial charge in [0, 0.05) is 19.8 Å². The van der Waals surface area contributed by atoms with Crippen molar-refractivity contribution in [3.05, 3.63) is 18.1 Å². The van der Waals surface area contributed by atoms with Gasteiger partial charge in [0.1, 0.15) is 5.82 Å². The first-order valence-corrected chi connectivity index (χ1v) is 6.11. The predicted octanol–water partition coefficient (Wildman–Crippen LogP) is 1.79. The molecule has 0 saturated carbocycles. The summed E-state index contributed by atoms with van der Waals surface area (Å²) in [5.74, 6) is -0.494. The number of nitrogens with zero attached hydrogens (tertiary/aromatic N) is 2. The zero-order valence-electron chi connectivity index (χ0n) is 10.6. The first-order chi connectivity index (χ1) is 8.74. The maximum atomic E-state index is 10.6. The Kier molecular flexibility index (Phi) is 6.71. The summed E-state index contributed by atoms with van der Waals surface area (Å²) < 4.78 is 5.41. The molecule has 1 rings (SSSR count). The van der Waals surface area contributed by atoms with Crippen LogP contribution in [0.2, 0.25) is 0 Å². The van der Waals surface area contributed by atoms with Crippen LogP contribution in [0.3, 0.4) is 0 Å². The average Bonchev–Trinajstić information content (AvgIpc) is 2.38. The third kappa shape index (κ3) is 5.58. The van der Waals surface area contributed by atoms with Crippen LogP contribution in [0, 0.1) is 0 Å². The number of unbranched alkanes of at least 4 members (excludes halogenated alkanes) is 1. The van der Waals surface area contributed by atoms with E-state index in [1.807, 2.05) is 0 Å². The minimum absolute atomic E-state index is 0.0524. The molecule has 0 bridgehead atoms. The topological polar surface area (TPSA) is 84.3 Å². The number of carboxylic acids is 1. The van der Waals surface area contributed by atoms with E-state index in [1.54, 1.807) is 0 Å². The lowest BCUT2D eigenvalue weighted by Gasteiger charge is -2.05. The third-order valence-electron chi connectivity index (χ3n) is 2.28. The van der Waals surface area contributed by atoms with Crippen LogP contribution in [0.1, 0.15) is 36.7 Å². The van der Waals surface area contributed by atoms with E-state index in [0.717, 1.165) is 32.4 Å². The lowest BCUT2D eigenvalue weighted by atomic mass is 10.3. The Bertz CT molecular complexity index is 354. The molecule has 0 aliphatic heterocycles. The summed E-state index contributed by atoms with van der Waals surface area (Å²) in [4.78, 5) is 18.3. The number of carbonyl (C=O) groups is 1. The molecule has 0 fully saturated rings. The molecule has 6 nitrogen and oxygen atoms in total. The zero-order valence-corrected chi connectivity index (χ0v) is 10.6. The first-order valence-electron chi connectivity index (χ1n) is 6.11. The fourth-order valence-corrected chi connectivity index (χ4v) is 1.27. The second-order valence-corrected chi connectivity index (χ2v) is 3.84. The molecule has 6 heteroatoms. The second kappa shape index (κ2) is 8.41. The quantitative estimate of drug-likeness (QED) is 0.653. The lowest BCUT2D eigenvalue weighted by molar-refractivity contribution is 0.0690. The van der Waals surface area contributed by atoms with E-state index in [-0.39, 0.29) is 5.69 Å². The molecule has 0 aliphatic carbocycles. The van der Waals surface area contributed by atoms with Gasteiger partial charge in [0.25, 0.3) is 0 Å². The molecule has 100 valence electrons. The SMILES string of the molecule is CCCCOCCCNc1cnc(C(=O)O)cn1. The molecule has 0 atom stereocenters. The number of hydrogen-bond acceptors (Lipinski definition) is 5. The van der Waals surface area contributed by atoms with Crippen LogP contribution in [-0.2, 0) is 4.74 Å². The Labute approximate surface area is 106 Å². The van der Waals surface area contributed by atoms with Gasteiger partial charge in [0.15, 0.2) is 5.69 Å². The Morgan fingerprint density at radius 1 is 1.33 bits per heavy atom. The number of rotatable bonds is 9. The Morgan fingerprint density at radius 3 is 2.72 bits per heavy atom. The van der Waals surface area contributed by atoms with Gasteiger partial charge in [-0.15, -0.1) is 0 Å². The van der Waals surface area contributed by atoms with Crippen molar-refractivity contribution in [1.82, 2.24) is 9.97 Å². The molecular formula is C12H19N3O3. The molecule has 0 aliphatic rings. The standard InChI is InChI=1S/C12H19N3O3/c1-2-3-6-18-7-4-5-13-11-9-14-10(8-15-11)12(16)17/h8-9H,2-7H2,1H3,(H,13,15)(H,16,17). The van der Waals surface area contributed by atoms with Gasteiger partial charge in [0.2, 0.25) is 0 Å². The predicted molar refractivity (Wildman–Crippen MR) is 67.8 cm³/mol. The summed E-state index contributed by atoms with van der Waals surface area (Å²) in [5, 5.41) is 11.7. The first kappa shape index (κ1) is 14.4. The smallest absolute Gasteiger partial charge is 0.356 e.